The van der Waals surface area contributed by atoms with Crippen LogP contribution in [0.4, 0.5) is 5.69 Å². The number of hydrogen-bond acceptors (Lipinski definition) is 3. The lowest BCUT2D eigenvalue weighted by Gasteiger charge is -2.03. The Bertz CT molecular complexity index is 433. The quantitative estimate of drug-likeness (QED) is 0.660. The van der Waals surface area contributed by atoms with Crippen molar-refractivity contribution in [3.63, 3.8) is 0 Å². The van der Waals surface area contributed by atoms with E-state index < -0.39 is 10.9 Å². The highest BCUT2D eigenvalue weighted by Gasteiger charge is 2.18. The standard InChI is InChI=1S/C8H5Cl2NO4/c9-7-4(3-6(12)13)1-2-5(8(7)10)11(14)15/h1-2H,3H2,(H,12,13). The monoisotopic (exact) mass is 249 g/mol. The van der Waals surface area contributed by atoms with Gasteiger partial charge in [-0.05, 0) is 5.56 Å². The van der Waals surface area contributed by atoms with Crippen LogP contribution >= 0.6 is 23.2 Å². The molecule has 80 valence electrons. The lowest BCUT2D eigenvalue weighted by Crippen LogP contribution is -2.01. The van der Waals surface area contributed by atoms with Crippen molar-refractivity contribution >= 4 is 34.9 Å². The maximum atomic E-state index is 10.5. The zero-order valence-corrected chi connectivity index (χ0v) is 8.75. The summed E-state index contributed by atoms with van der Waals surface area (Å²) in [4.78, 5) is 20.2. The molecule has 0 aliphatic rings. The van der Waals surface area contributed by atoms with Crippen molar-refractivity contribution in [2.24, 2.45) is 0 Å². The number of carboxylic acid groups (broad SMARTS) is 1. The van der Waals surface area contributed by atoms with Gasteiger partial charge in [0.05, 0.1) is 16.4 Å². The van der Waals surface area contributed by atoms with Crippen LogP contribution < -0.4 is 0 Å². The zero-order valence-electron chi connectivity index (χ0n) is 7.24. The second-order valence-corrected chi connectivity index (χ2v) is 3.46. The molecule has 7 heteroatoms. The average Bonchev–Trinajstić information content (AvgIpc) is 2.12. The summed E-state index contributed by atoms with van der Waals surface area (Å²) in [5, 5.41) is 18.7. The first-order valence-corrected chi connectivity index (χ1v) is 4.52. The highest BCUT2D eigenvalue weighted by molar-refractivity contribution is 6.43. The molecule has 0 unspecified atom stereocenters. The molecule has 0 aliphatic carbocycles. The highest BCUT2D eigenvalue weighted by atomic mass is 35.5. The first kappa shape index (κ1) is 11.7. The number of carboxylic acids is 1. The van der Waals surface area contributed by atoms with Gasteiger partial charge in [-0.1, -0.05) is 29.3 Å². The Morgan fingerprint density at radius 1 is 1.40 bits per heavy atom. The van der Waals surface area contributed by atoms with Gasteiger partial charge in [0.25, 0.3) is 5.69 Å². The molecule has 1 aromatic carbocycles. The number of aliphatic carboxylic acids is 1. The van der Waals surface area contributed by atoms with Gasteiger partial charge in [0, 0.05) is 6.07 Å². The topological polar surface area (TPSA) is 80.4 Å². The van der Waals surface area contributed by atoms with Gasteiger partial charge in [-0.3, -0.25) is 14.9 Å². The molecule has 0 saturated carbocycles. The normalized spacial score (nSPS) is 10.0. The van der Waals surface area contributed by atoms with Crippen LogP contribution in [0.2, 0.25) is 10.0 Å². The molecule has 1 aromatic rings. The van der Waals surface area contributed by atoms with E-state index in [1.807, 2.05) is 0 Å². The SMILES string of the molecule is O=C(O)Cc1ccc([N+](=O)[O-])c(Cl)c1Cl. The van der Waals surface area contributed by atoms with Crippen LogP contribution in [0, 0.1) is 10.1 Å². The molecular weight excluding hydrogens is 245 g/mol. The Balaban J connectivity index is 3.21. The van der Waals surface area contributed by atoms with Crippen LogP contribution in [0.3, 0.4) is 0 Å². The van der Waals surface area contributed by atoms with Gasteiger partial charge in [-0.25, -0.2) is 0 Å². The predicted octanol–water partition coefficient (Wildman–Crippen LogP) is 2.53. The summed E-state index contributed by atoms with van der Waals surface area (Å²) in [6.07, 6.45) is -0.323. The minimum absolute atomic E-state index is 0.0896. The molecule has 0 atom stereocenters. The molecule has 5 nitrogen and oxygen atoms in total. The van der Waals surface area contributed by atoms with Gasteiger partial charge in [-0.2, -0.15) is 0 Å². The van der Waals surface area contributed by atoms with Crippen molar-refractivity contribution in [1.29, 1.82) is 0 Å². The van der Waals surface area contributed by atoms with E-state index in [9.17, 15) is 14.9 Å². The van der Waals surface area contributed by atoms with Gasteiger partial charge in [0.2, 0.25) is 0 Å². The van der Waals surface area contributed by atoms with Crippen molar-refractivity contribution < 1.29 is 14.8 Å². The van der Waals surface area contributed by atoms with Crippen molar-refractivity contribution in [3.05, 3.63) is 37.9 Å². The third-order valence-electron chi connectivity index (χ3n) is 1.68. The predicted molar refractivity (Wildman–Crippen MR) is 54.5 cm³/mol. The van der Waals surface area contributed by atoms with Crippen molar-refractivity contribution in [2.45, 2.75) is 6.42 Å². The number of carbonyl (C=O) groups is 1. The fourth-order valence-corrected chi connectivity index (χ4v) is 1.50. The van der Waals surface area contributed by atoms with Crippen molar-refractivity contribution in [1.82, 2.24) is 0 Å². The van der Waals surface area contributed by atoms with E-state index in [2.05, 4.69) is 0 Å². The van der Waals surface area contributed by atoms with Crippen LogP contribution in [0.1, 0.15) is 5.56 Å². The molecule has 15 heavy (non-hydrogen) atoms. The molecule has 0 saturated heterocycles. The fraction of sp³-hybridized carbons (Fsp3) is 0.125. The average molecular weight is 250 g/mol. The van der Waals surface area contributed by atoms with Crippen LogP contribution in [-0.2, 0) is 11.2 Å². The van der Waals surface area contributed by atoms with Crippen LogP contribution in [0.15, 0.2) is 12.1 Å². The number of hydrogen-bond donors (Lipinski definition) is 1. The summed E-state index contributed by atoms with van der Waals surface area (Å²) in [5.74, 6) is -1.08. The molecule has 0 aliphatic heterocycles. The molecule has 0 spiro atoms. The van der Waals surface area contributed by atoms with E-state index in [1.165, 1.54) is 6.07 Å². The highest BCUT2D eigenvalue weighted by Crippen LogP contribution is 2.34. The molecule has 0 bridgehead atoms. The number of rotatable bonds is 3. The van der Waals surface area contributed by atoms with Crippen molar-refractivity contribution in [3.8, 4) is 0 Å². The van der Waals surface area contributed by atoms with Crippen LogP contribution in [0.5, 0.6) is 0 Å². The summed E-state index contributed by atoms with van der Waals surface area (Å²) in [6, 6.07) is 2.41. The maximum absolute atomic E-state index is 10.5. The van der Waals surface area contributed by atoms with E-state index in [4.69, 9.17) is 28.3 Å². The minimum Gasteiger partial charge on any atom is -0.481 e. The minimum atomic E-state index is -1.08. The number of nitrogens with zero attached hydrogens (tertiary/aromatic N) is 1. The molecule has 0 heterocycles. The third kappa shape index (κ3) is 2.57. The molecular formula is C8H5Cl2NO4. The van der Waals surface area contributed by atoms with Gasteiger partial charge < -0.3 is 5.11 Å². The first-order chi connectivity index (χ1) is 6.93. The zero-order chi connectivity index (χ0) is 11.6. The second-order valence-electron chi connectivity index (χ2n) is 2.70. The summed E-state index contributed by atoms with van der Waals surface area (Å²) < 4.78 is 0. The molecule has 1 rings (SSSR count). The van der Waals surface area contributed by atoms with Gasteiger partial charge in [-0.15, -0.1) is 0 Å². The number of nitro benzene ring substituents is 1. The van der Waals surface area contributed by atoms with E-state index in [1.54, 1.807) is 0 Å². The summed E-state index contributed by atoms with van der Waals surface area (Å²) in [5.41, 5.74) is -0.0874. The Hall–Kier alpha value is -1.33. The number of nitro groups is 1. The molecule has 0 aromatic heterocycles. The van der Waals surface area contributed by atoms with Crippen LogP contribution in [-0.4, -0.2) is 16.0 Å². The Labute approximate surface area is 94.4 Å². The second kappa shape index (κ2) is 4.46. The summed E-state index contributed by atoms with van der Waals surface area (Å²) in [6.45, 7) is 0. The largest absolute Gasteiger partial charge is 0.481 e. The van der Waals surface area contributed by atoms with Crippen LogP contribution in [0.25, 0.3) is 0 Å². The Morgan fingerprint density at radius 2 is 2.00 bits per heavy atom. The summed E-state index contributed by atoms with van der Waals surface area (Å²) in [7, 11) is 0. The first-order valence-electron chi connectivity index (χ1n) is 3.76. The van der Waals surface area contributed by atoms with E-state index >= 15 is 0 Å². The number of benzene rings is 1. The lowest BCUT2D eigenvalue weighted by atomic mass is 10.1. The van der Waals surface area contributed by atoms with E-state index in [0.717, 1.165) is 6.07 Å². The van der Waals surface area contributed by atoms with Gasteiger partial charge in [0.15, 0.2) is 0 Å². The summed E-state index contributed by atoms with van der Waals surface area (Å²) >= 11 is 11.3. The van der Waals surface area contributed by atoms with Crippen molar-refractivity contribution in [2.75, 3.05) is 0 Å². The fourth-order valence-electron chi connectivity index (χ4n) is 1.02. The maximum Gasteiger partial charge on any atom is 0.307 e. The van der Waals surface area contributed by atoms with E-state index in [-0.39, 0.29) is 27.7 Å². The lowest BCUT2D eigenvalue weighted by molar-refractivity contribution is -0.384. The Morgan fingerprint density at radius 3 is 2.47 bits per heavy atom. The van der Waals surface area contributed by atoms with E-state index in [0.29, 0.717) is 0 Å². The number of halogens is 2. The van der Waals surface area contributed by atoms with Gasteiger partial charge >= 0.3 is 5.97 Å². The molecule has 0 amide bonds. The molecule has 0 fully saturated rings. The molecule has 0 radical (unpaired) electrons. The van der Waals surface area contributed by atoms with Gasteiger partial charge in [0.1, 0.15) is 5.02 Å². The molecule has 1 N–H and O–H groups in total. The smallest absolute Gasteiger partial charge is 0.307 e. The third-order valence-corrected chi connectivity index (χ3v) is 2.59. The Kier molecular flexibility index (Phi) is 3.49.